The Labute approximate surface area is 119 Å². The monoisotopic (exact) mass is 273 g/mol. The van der Waals surface area contributed by atoms with Crippen molar-refractivity contribution in [1.29, 1.82) is 0 Å². The van der Waals surface area contributed by atoms with Crippen molar-refractivity contribution in [3.05, 3.63) is 62.6 Å². The number of nitrogens with zero attached hydrogens (tertiary/aromatic N) is 1. The number of hydrogen-bond donors (Lipinski definition) is 1. The van der Waals surface area contributed by atoms with Crippen LogP contribution in [0.25, 0.3) is 5.69 Å². The average Bonchev–Trinajstić information content (AvgIpc) is 2.30. The average molecular weight is 273 g/mol. The van der Waals surface area contributed by atoms with Crippen molar-refractivity contribution >= 4 is 12.6 Å². The van der Waals surface area contributed by atoms with E-state index in [0.717, 1.165) is 16.9 Å². The molecular formula is C16H19NOS. The Morgan fingerprint density at radius 2 is 1.63 bits per heavy atom. The van der Waals surface area contributed by atoms with Crippen LogP contribution in [0.4, 0.5) is 0 Å². The first-order valence-corrected chi connectivity index (χ1v) is 6.98. The highest BCUT2D eigenvalue weighted by Crippen LogP contribution is 2.22. The van der Waals surface area contributed by atoms with Crippen LogP contribution in [0.15, 0.2) is 29.2 Å². The Morgan fingerprint density at radius 3 is 2.16 bits per heavy atom. The van der Waals surface area contributed by atoms with Gasteiger partial charge in [0.15, 0.2) is 5.43 Å². The predicted octanol–water partition coefficient (Wildman–Crippen LogP) is 3.50. The van der Waals surface area contributed by atoms with E-state index in [-0.39, 0.29) is 5.43 Å². The summed E-state index contributed by atoms with van der Waals surface area (Å²) in [5, 5.41) is 0. The second kappa shape index (κ2) is 5.25. The molecule has 2 aromatic rings. The van der Waals surface area contributed by atoms with Crippen LogP contribution in [0, 0.1) is 27.7 Å². The quantitative estimate of drug-likeness (QED) is 0.831. The van der Waals surface area contributed by atoms with Crippen LogP contribution in [0.3, 0.4) is 0 Å². The first kappa shape index (κ1) is 13.9. The lowest BCUT2D eigenvalue weighted by molar-refractivity contribution is 0.935. The van der Waals surface area contributed by atoms with Crippen molar-refractivity contribution in [2.75, 3.05) is 0 Å². The van der Waals surface area contributed by atoms with Gasteiger partial charge >= 0.3 is 0 Å². The third-order valence-corrected chi connectivity index (χ3v) is 3.71. The summed E-state index contributed by atoms with van der Waals surface area (Å²) in [6.45, 7) is 8.27. The van der Waals surface area contributed by atoms with Gasteiger partial charge in [-0.1, -0.05) is 17.7 Å². The molecule has 0 aliphatic carbocycles. The third-order valence-electron chi connectivity index (χ3n) is 3.37. The van der Waals surface area contributed by atoms with E-state index < -0.39 is 0 Å². The minimum Gasteiger partial charge on any atom is -0.320 e. The van der Waals surface area contributed by atoms with Gasteiger partial charge in [-0.05, 0) is 38.8 Å². The molecule has 1 heterocycles. The normalized spacial score (nSPS) is 10.8. The van der Waals surface area contributed by atoms with Crippen LogP contribution < -0.4 is 5.43 Å². The molecule has 3 heteroatoms. The fourth-order valence-electron chi connectivity index (χ4n) is 2.59. The highest BCUT2D eigenvalue weighted by Gasteiger charge is 2.09. The fraction of sp³-hybridized carbons (Fsp3) is 0.312. The van der Waals surface area contributed by atoms with E-state index in [1.807, 2.05) is 13.1 Å². The predicted molar refractivity (Wildman–Crippen MR) is 83.7 cm³/mol. The van der Waals surface area contributed by atoms with Crippen molar-refractivity contribution < 1.29 is 0 Å². The van der Waals surface area contributed by atoms with Gasteiger partial charge < -0.3 is 4.57 Å². The molecule has 0 bridgehead atoms. The summed E-state index contributed by atoms with van der Waals surface area (Å²) in [5.74, 6) is 0.461. The molecule has 2 rings (SSSR count). The smallest absolute Gasteiger partial charge is 0.185 e. The SMILES string of the molecule is Cc1cc(C)c(-n2cc(CS)c(=O)cc2C)c(C)c1. The number of hydrogen-bond acceptors (Lipinski definition) is 2. The van der Waals surface area contributed by atoms with Gasteiger partial charge in [0.25, 0.3) is 0 Å². The van der Waals surface area contributed by atoms with Gasteiger partial charge in [0.05, 0.1) is 5.69 Å². The molecule has 0 amide bonds. The molecule has 2 nitrogen and oxygen atoms in total. The molecule has 0 saturated heterocycles. The molecule has 0 fully saturated rings. The summed E-state index contributed by atoms with van der Waals surface area (Å²) in [6, 6.07) is 6.02. The second-order valence-electron chi connectivity index (χ2n) is 5.08. The maximum absolute atomic E-state index is 11.8. The Morgan fingerprint density at radius 1 is 1.05 bits per heavy atom. The lowest BCUT2D eigenvalue weighted by Gasteiger charge is -2.18. The Kier molecular flexibility index (Phi) is 3.85. The molecule has 0 unspecified atom stereocenters. The number of thiol groups is 1. The van der Waals surface area contributed by atoms with Gasteiger partial charge in [-0.25, -0.2) is 0 Å². The van der Waals surface area contributed by atoms with Crippen LogP contribution in [0.1, 0.15) is 27.9 Å². The Hall–Kier alpha value is -1.48. The topological polar surface area (TPSA) is 22.0 Å². The molecule has 0 atom stereocenters. The molecule has 0 aliphatic heterocycles. The molecule has 1 aromatic carbocycles. The van der Waals surface area contributed by atoms with E-state index in [1.54, 1.807) is 6.07 Å². The van der Waals surface area contributed by atoms with Crippen LogP contribution in [0.5, 0.6) is 0 Å². The van der Waals surface area contributed by atoms with Crippen molar-refractivity contribution in [2.24, 2.45) is 0 Å². The molecule has 0 spiro atoms. The van der Waals surface area contributed by atoms with Crippen molar-refractivity contribution in [2.45, 2.75) is 33.4 Å². The number of pyridine rings is 1. The molecule has 0 saturated carbocycles. The molecule has 1 aromatic heterocycles. The number of aryl methyl sites for hydroxylation is 4. The van der Waals surface area contributed by atoms with Crippen molar-refractivity contribution in [3.63, 3.8) is 0 Å². The molecular weight excluding hydrogens is 254 g/mol. The van der Waals surface area contributed by atoms with E-state index in [0.29, 0.717) is 5.75 Å². The van der Waals surface area contributed by atoms with Crippen molar-refractivity contribution in [1.82, 2.24) is 4.57 Å². The summed E-state index contributed by atoms with van der Waals surface area (Å²) >= 11 is 4.23. The van der Waals surface area contributed by atoms with Gasteiger partial charge in [-0.3, -0.25) is 4.79 Å². The zero-order chi connectivity index (χ0) is 14.2. The van der Waals surface area contributed by atoms with Crippen LogP contribution in [0.2, 0.25) is 0 Å². The molecule has 19 heavy (non-hydrogen) atoms. The summed E-state index contributed by atoms with van der Waals surface area (Å²) < 4.78 is 2.09. The third kappa shape index (κ3) is 2.61. The molecule has 0 N–H and O–H groups in total. The van der Waals surface area contributed by atoms with E-state index >= 15 is 0 Å². The number of rotatable bonds is 2. The lowest BCUT2D eigenvalue weighted by Crippen LogP contribution is -2.14. The number of benzene rings is 1. The minimum atomic E-state index is 0.0613. The van der Waals surface area contributed by atoms with E-state index in [1.165, 1.54) is 16.7 Å². The first-order chi connectivity index (χ1) is 8.93. The zero-order valence-electron chi connectivity index (χ0n) is 11.8. The van der Waals surface area contributed by atoms with E-state index in [4.69, 9.17) is 0 Å². The minimum absolute atomic E-state index is 0.0613. The van der Waals surface area contributed by atoms with Crippen molar-refractivity contribution in [3.8, 4) is 5.69 Å². The largest absolute Gasteiger partial charge is 0.320 e. The summed E-state index contributed by atoms with van der Waals surface area (Å²) in [7, 11) is 0. The second-order valence-corrected chi connectivity index (χ2v) is 5.40. The maximum atomic E-state index is 11.8. The fourth-order valence-corrected chi connectivity index (χ4v) is 2.82. The maximum Gasteiger partial charge on any atom is 0.185 e. The van der Waals surface area contributed by atoms with E-state index in [2.05, 4.69) is 50.1 Å². The zero-order valence-corrected chi connectivity index (χ0v) is 12.7. The summed E-state index contributed by atoms with van der Waals surface area (Å²) in [6.07, 6.45) is 1.91. The Bertz CT molecular complexity index is 663. The lowest BCUT2D eigenvalue weighted by atomic mass is 10.0. The van der Waals surface area contributed by atoms with Crippen LogP contribution >= 0.6 is 12.6 Å². The first-order valence-electron chi connectivity index (χ1n) is 6.35. The van der Waals surface area contributed by atoms with Crippen LogP contribution in [-0.2, 0) is 5.75 Å². The van der Waals surface area contributed by atoms with Crippen LogP contribution in [-0.4, -0.2) is 4.57 Å². The highest BCUT2D eigenvalue weighted by molar-refractivity contribution is 7.79. The number of aromatic nitrogens is 1. The Balaban J connectivity index is 2.76. The van der Waals surface area contributed by atoms with Gasteiger partial charge in [-0.15, -0.1) is 0 Å². The molecule has 0 aliphatic rings. The van der Waals surface area contributed by atoms with Gasteiger partial charge in [0, 0.05) is 29.3 Å². The molecule has 100 valence electrons. The van der Waals surface area contributed by atoms with Gasteiger partial charge in [0.1, 0.15) is 0 Å². The summed E-state index contributed by atoms with van der Waals surface area (Å²) in [4.78, 5) is 11.8. The summed E-state index contributed by atoms with van der Waals surface area (Å²) in [5.41, 5.74) is 6.59. The standard InChI is InChI=1S/C16H19NOS/c1-10-5-11(2)16(12(3)6-10)17-8-14(9-19)15(18)7-13(17)4/h5-8,19H,9H2,1-4H3. The van der Waals surface area contributed by atoms with Gasteiger partial charge in [0.2, 0.25) is 0 Å². The molecule has 0 radical (unpaired) electrons. The highest BCUT2D eigenvalue weighted by atomic mass is 32.1. The van der Waals surface area contributed by atoms with Gasteiger partial charge in [-0.2, -0.15) is 12.6 Å². The van der Waals surface area contributed by atoms with E-state index in [9.17, 15) is 4.79 Å².